The molecule has 0 saturated heterocycles. The van der Waals surface area contributed by atoms with Crippen LogP contribution in [0.15, 0.2) is 58.1 Å². The Morgan fingerprint density at radius 2 is 1.43 bits per heavy atom. The first-order valence-corrected chi connectivity index (χ1v) is 8.77. The highest BCUT2D eigenvalue weighted by molar-refractivity contribution is 5.85. The molecule has 0 radical (unpaired) electrons. The first-order valence-electron chi connectivity index (χ1n) is 8.77. The van der Waals surface area contributed by atoms with Crippen LogP contribution in [0, 0.1) is 13.8 Å². The molecule has 0 unspecified atom stereocenters. The molecule has 0 fully saturated rings. The minimum Gasteiger partial charge on any atom is -0.497 e. The molecule has 0 spiro atoms. The van der Waals surface area contributed by atoms with E-state index in [1.807, 2.05) is 32.0 Å². The molecule has 4 rings (SSSR count). The Morgan fingerprint density at radius 1 is 0.750 bits per heavy atom. The van der Waals surface area contributed by atoms with Gasteiger partial charge in [-0.3, -0.25) is 9.59 Å². The molecular formula is C22H22N2O4. The van der Waals surface area contributed by atoms with Crippen molar-refractivity contribution in [3.63, 3.8) is 0 Å². The van der Waals surface area contributed by atoms with Crippen LogP contribution in [0.4, 0.5) is 0 Å². The van der Waals surface area contributed by atoms with Crippen molar-refractivity contribution in [1.29, 1.82) is 0 Å². The van der Waals surface area contributed by atoms with Crippen LogP contribution in [0.1, 0.15) is 11.4 Å². The molecule has 0 saturated carbocycles. The van der Waals surface area contributed by atoms with Crippen molar-refractivity contribution < 1.29 is 9.47 Å². The van der Waals surface area contributed by atoms with Crippen LogP contribution in [0.2, 0.25) is 0 Å². The number of benzene rings is 2. The smallest absolute Gasteiger partial charge is 0.193 e. The zero-order valence-electron chi connectivity index (χ0n) is 16.3. The van der Waals surface area contributed by atoms with Gasteiger partial charge in [0.1, 0.15) is 11.5 Å². The topological polar surface area (TPSA) is 84.2 Å². The second kappa shape index (κ2) is 8.00. The van der Waals surface area contributed by atoms with Crippen molar-refractivity contribution >= 4 is 21.8 Å². The normalized spacial score (nSPS) is 10.4. The number of hydrogen-bond acceptors (Lipinski definition) is 4. The largest absolute Gasteiger partial charge is 0.497 e. The van der Waals surface area contributed by atoms with Gasteiger partial charge in [0.15, 0.2) is 10.9 Å². The molecule has 28 heavy (non-hydrogen) atoms. The monoisotopic (exact) mass is 378 g/mol. The summed E-state index contributed by atoms with van der Waals surface area (Å²) in [5.74, 6) is 1.36. The Bertz CT molecular complexity index is 1250. The number of fused-ring (bicyclic) bond motifs is 2. The SMILES string of the molecule is COc1ccc2c(=O)cc(C)[nH]c2c1.COc1cccc2[nH]c(C)cc(=O)c12. The van der Waals surface area contributed by atoms with E-state index < -0.39 is 0 Å². The Labute approximate surface area is 161 Å². The molecule has 2 heterocycles. The van der Waals surface area contributed by atoms with Gasteiger partial charge in [-0.1, -0.05) is 6.07 Å². The summed E-state index contributed by atoms with van der Waals surface area (Å²) in [6.07, 6.45) is 0. The average Bonchev–Trinajstić information content (AvgIpc) is 2.67. The fraction of sp³-hybridized carbons (Fsp3) is 0.182. The van der Waals surface area contributed by atoms with Crippen molar-refractivity contribution in [2.75, 3.05) is 14.2 Å². The van der Waals surface area contributed by atoms with Gasteiger partial charge in [-0.15, -0.1) is 0 Å². The van der Waals surface area contributed by atoms with Gasteiger partial charge in [-0.25, -0.2) is 0 Å². The van der Waals surface area contributed by atoms with E-state index in [2.05, 4.69) is 9.97 Å². The number of rotatable bonds is 2. The molecule has 0 aliphatic carbocycles. The maximum Gasteiger partial charge on any atom is 0.193 e. The molecule has 0 amide bonds. The van der Waals surface area contributed by atoms with Crippen molar-refractivity contribution in [3.8, 4) is 11.5 Å². The molecule has 2 aromatic heterocycles. The van der Waals surface area contributed by atoms with Crippen LogP contribution in [0.3, 0.4) is 0 Å². The quantitative estimate of drug-likeness (QED) is 0.557. The minimum absolute atomic E-state index is 0.00583. The van der Waals surface area contributed by atoms with E-state index in [1.54, 1.807) is 44.6 Å². The van der Waals surface area contributed by atoms with Crippen molar-refractivity contribution in [2.45, 2.75) is 13.8 Å². The van der Waals surface area contributed by atoms with Crippen LogP contribution >= 0.6 is 0 Å². The summed E-state index contributed by atoms with van der Waals surface area (Å²) in [5, 5.41) is 1.30. The van der Waals surface area contributed by atoms with E-state index in [-0.39, 0.29) is 10.9 Å². The summed E-state index contributed by atoms with van der Waals surface area (Å²) >= 11 is 0. The maximum atomic E-state index is 11.7. The molecule has 0 atom stereocenters. The summed E-state index contributed by atoms with van der Waals surface area (Å²) in [6, 6.07) is 14.1. The van der Waals surface area contributed by atoms with E-state index in [0.717, 1.165) is 28.2 Å². The molecule has 4 aromatic rings. The highest BCUT2D eigenvalue weighted by atomic mass is 16.5. The van der Waals surface area contributed by atoms with Gasteiger partial charge >= 0.3 is 0 Å². The number of hydrogen-bond donors (Lipinski definition) is 2. The molecule has 6 heteroatoms. The molecule has 0 aliphatic rings. The van der Waals surface area contributed by atoms with Crippen molar-refractivity contribution in [3.05, 3.63) is 80.4 Å². The Hall–Kier alpha value is -3.54. The zero-order chi connectivity index (χ0) is 20.3. The van der Waals surface area contributed by atoms with E-state index in [0.29, 0.717) is 16.5 Å². The predicted octanol–water partition coefficient (Wildman–Crippen LogP) is 3.69. The number of aromatic nitrogens is 2. The molecule has 0 aliphatic heterocycles. The highest BCUT2D eigenvalue weighted by Crippen LogP contribution is 2.20. The summed E-state index contributed by atoms with van der Waals surface area (Å²) in [7, 11) is 3.17. The predicted molar refractivity (Wildman–Crippen MR) is 112 cm³/mol. The van der Waals surface area contributed by atoms with E-state index in [1.165, 1.54) is 0 Å². The van der Waals surface area contributed by atoms with Crippen molar-refractivity contribution in [2.24, 2.45) is 0 Å². The standard InChI is InChI=1S/2C11H11NO2/c1-7-5-11(13)9-4-3-8(14-2)6-10(9)12-7;1-7-6-9(13)11-8(12-7)4-3-5-10(11)14-2/h2*3-6H,1-2H3,(H,12,13). The number of pyridine rings is 2. The third kappa shape index (κ3) is 3.91. The molecule has 144 valence electrons. The van der Waals surface area contributed by atoms with E-state index >= 15 is 0 Å². The number of H-pyrrole nitrogens is 2. The van der Waals surface area contributed by atoms with Crippen LogP contribution in [-0.2, 0) is 0 Å². The van der Waals surface area contributed by atoms with E-state index in [4.69, 9.17) is 9.47 Å². The number of aromatic amines is 2. The fourth-order valence-corrected chi connectivity index (χ4v) is 3.07. The van der Waals surface area contributed by atoms with Gasteiger partial charge in [0, 0.05) is 35.0 Å². The molecular weight excluding hydrogens is 356 g/mol. The third-order valence-electron chi connectivity index (χ3n) is 4.34. The van der Waals surface area contributed by atoms with Crippen LogP contribution in [0.25, 0.3) is 21.8 Å². The van der Waals surface area contributed by atoms with Crippen LogP contribution in [0.5, 0.6) is 11.5 Å². The second-order valence-electron chi connectivity index (χ2n) is 6.43. The van der Waals surface area contributed by atoms with Crippen LogP contribution in [-0.4, -0.2) is 24.2 Å². The third-order valence-corrected chi connectivity index (χ3v) is 4.34. The molecule has 6 nitrogen and oxygen atoms in total. The van der Waals surface area contributed by atoms with Gasteiger partial charge < -0.3 is 19.4 Å². The summed E-state index contributed by atoms with van der Waals surface area (Å²) < 4.78 is 10.2. The number of methoxy groups -OCH3 is 2. The van der Waals surface area contributed by atoms with Gasteiger partial charge in [-0.2, -0.15) is 0 Å². The summed E-state index contributed by atoms with van der Waals surface area (Å²) in [4.78, 5) is 29.5. The maximum absolute atomic E-state index is 11.7. The molecule has 2 N–H and O–H groups in total. The second-order valence-corrected chi connectivity index (χ2v) is 6.43. The van der Waals surface area contributed by atoms with E-state index in [9.17, 15) is 9.59 Å². The lowest BCUT2D eigenvalue weighted by molar-refractivity contribution is 0.415. The van der Waals surface area contributed by atoms with Crippen molar-refractivity contribution in [1.82, 2.24) is 9.97 Å². The summed E-state index contributed by atoms with van der Waals surface area (Å²) in [5.41, 5.74) is 3.38. The highest BCUT2D eigenvalue weighted by Gasteiger charge is 2.05. The minimum atomic E-state index is -0.00583. The lowest BCUT2D eigenvalue weighted by atomic mass is 10.2. The molecule has 2 aromatic carbocycles. The number of nitrogens with one attached hydrogen (secondary N) is 2. The number of ether oxygens (including phenoxy) is 2. The Balaban J connectivity index is 0.000000161. The number of aryl methyl sites for hydroxylation is 2. The summed E-state index contributed by atoms with van der Waals surface area (Å²) in [6.45, 7) is 3.72. The first-order chi connectivity index (χ1) is 13.4. The Morgan fingerprint density at radius 3 is 2.11 bits per heavy atom. The van der Waals surface area contributed by atoms with Gasteiger partial charge in [0.05, 0.1) is 30.6 Å². The fourth-order valence-electron chi connectivity index (χ4n) is 3.07. The van der Waals surface area contributed by atoms with Crippen LogP contribution < -0.4 is 20.3 Å². The molecule has 0 bridgehead atoms. The lowest BCUT2D eigenvalue weighted by Crippen LogP contribution is -2.04. The van der Waals surface area contributed by atoms with Gasteiger partial charge in [-0.05, 0) is 38.1 Å². The lowest BCUT2D eigenvalue weighted by Gasteiger charge is -2.04. The zero-order valence-corrected chi connectivity index (χ0v) is 16.3. The average molecular weight is 378 g/mol. The van der Waals surface area contributed by atoms with Gasteiger partial charge in [0.2, 0.25) is 0 Å². The first kappa shape index (κ1) is 19.2. The Kier molecular flexibility index (Phi) is 5.49. The van der Waals surface area contributed by atoms with Gasteiger partial charge in [0.25, 0.3) is 0 Å².